The number of allylic oxidation sites excluding steroid dienone is 4. The van der Waals surface area contributed by atoms with Gasteiger partial charge in [-0.1, -0.05) is 378 Å². The summed E-state index contributed by atoms with van der Waals surface area (Å²) in [5.74, 6) is 5.32. The number of rotatable bonds is 13. The number of nitrogens with zero attached hydrogens (tertiary/aromatic N) is 9. The molecule has 7 aromatic heterocycles. The molecule has 0 amide bonds. The molecule has 0 spiro atoms. The Hall–Kier alpha value is -18.6. The monoisotopic (exact) mass is 1910 g/mol. The molecule has 704 valence electrons. The van der Waals surface area contributed by atoms with Gasteiger partial charge in [-0.25, -0.2) is 44.9 Å². The molecule has 0 aliphatic heterocycles. The summed E-state index contributed by atoms with van der Waals surface area (Å²) in [4.78, 5) is 45.8. The summed E-state index contributed by atoms with van der Waals surface area (Å²) in [6.45, 7) is 26.3. The van der Waals surface area contributed by atoms with Crippen molar-refractivity contribution >= 4 is 93.3 Å². The zero-order valence-electron chi connectivity index (χ0n) is 82.8. The number of benzene rings is 18. The van der Waals surface area contributed by atoms with E-state index in [9.17, 15) is 0 Å². The molecular formula is C135H95N9O4. The van der Waals surface area contributed by atoms with Gasteiger partial charge in [-0.2, -0.15) is 0 Å². The van der Waals surface area contributed by atoms with Gasteiger partial charge in [0.1, 0.15) is 44.7 Å². The summed E-state index contributed by atoms with van der Waals surface area (Å²) in [6.07, 6.45) is 5.55. The Balaban J connectivity index is 0.000000110. The second-order valence-corrected chi connectivity index (χ2v) is 41.0. The molecule has 29 rings (SSSR count). The van der Waals surface area contributed by atoms with Gasteiger partial charge < -0.3 is 17.7 Å². The Morgan fingerprint density at radius 2 is 0.493 bits per heavy atom. The molecule has 0 saturated heterocycles. The van der Waals surface area contributed by atoms with Crippen LogP contribution in [-0.4, -0.2) is 44.9 Å². The Morgan fingerprint density at radius 3 is 0.926 bits per heavy atom. The van der Waals surface area contributed by atoms with Crippen LogP contribution < -0.4 is 0 Å². The summed E-state index contributed by atoms with van der Waals surface area (Å²) in [6, 6.07) is 135. The minimum atomic E-state index is -0.130. The van der Waals surface area contributed by atoms with Crippen LogP contribution in [0.1, 0.15) is 105 Å². The Labute approximate surface area is 854 Å². The molecule has 13 heteroatoms. The zero-order chi connectivity index (χ0) is 99.7. The first-order valence-electron chi connectivity index (χ1n) is 50.3. The fourth-order valence-corrected chi connectivity index (χ4v) is 23.4. The maximum absolute atomic E-state index is 6.79. The van der Waals surface area contributed by atoms with Gasteiger partial charge in [0.15, 0.2) is 52.4 Å². The Bertz CT molecular complexity index is 9920. The normalized spacial score (nSPS) is 13.9. The van der Waals surface area contributed by atoms with Crippen molar-refractivity contribution in [3.8, 4) is 158 Å². The molecule has 4 aliphatic carbocycles. The fourth-order valence-electron chi connectivity index (χ4n) is 23.4. The number of hydrogen-bond acceptors (Lipinski definition) is 13. The number of furan rings is 4. The number of aromatic nitrogens is 9. The predicted octanol–water partition coefficient (Wildman–Crippen LogP) is 34.9. The van der Waals surface area contributed by atoms with Crippen molar-refractivity contribution in [2.75, 3.05) is 0 Å². The van der Waals surface area contributed by atoms with Crippen molar-refractivity contribution < 1.29 is 17.7 Å². The lowest BCUT2D eigenvalue weighted by Gasteiger charge is -2.21. The minimum absolute atomic E-state index is 0.110. The van der Waals surface area contributed by atoms with Crippen LogP contribution in [0.5, 0.6) is 0 Å². The summed E-state index contributed by atoms with van der Waals surface area (Å²) in [7, 11) is 0. The van der Waals surface area contributed by atoms with Gasteiger partial charge in [0.05, 0.1) is 16.7 Å². The second kappa shape index (κ2) is 34.1. The standard InChI is InChI=1S/C48H35N3O.C45H33N3O.C42H27N3O2/c1-5-15-30(6-2)32-18-12-20-34(26-32)45-49-46(35-21-13-19-33(27-35)31-16-8-7-9-17-31)51-47(50-45)38-24-14-23-37-40-28-39-36-22-10-11-25-41(36)48(3,4)42(39)29-43(40)52-44(37)38;1-44(2)35-19-10-8-15-28(35)30-22-21-27(23-37(30)44)42-46-41(26-13-6-5-7-14-26)47-43(48-42)32-18-12-17-31-34-24-33-29-16-9-11-20-36(29)45(3,4)38(33)25-39(34)49-40(31)32;1-42(2)33-17-8-6-13-26(33)30-22-32-28-15-10-16-29(38(28)47-37(32)23-34(30)42)41-44-39(24-11-4-3-5-12-24)43-40(45-41)25-19-20-36-31(21-25)27-14-7-9-18-35(27)46-36/h5-29H,1-2H2,3-4H3;5-25H,1-4H3;3-23H,1-2H3/b30-15+;;. The van der Waals surface area contributed by atoms with E-state index in [1.165, 1.54) is 89.0 Å². The highest BCUT2D eigenvalue weighted by atomic mass is 16.3. The molecule has 13 nitrogen and oxygen atoms in total. The topological polar surface area (TPSA) is 169 Å². The van der Waals surface area contributed by atoms with Crippen molar-refractivity contribution in [1.29, 1.82) is 0 Å². The van der Waals surface area contributed by atoms with Gasteiger partial charge in [-0.15, -0.1) is 0 Å². The molecule has 25 aromatic rings. The zero-order valence-corrected chi connectivity index (χ0v) is 82.8. The first-order chi connectivity index (χ1) is 72.2. The first kappa shape index (κ1) is 88.4. The van der Waals surface area contributed by atoms with E-state index in [0.717, 1.165) is 160 Å². The van der Waals surface area contributed by atoms with Crippen molar-refractivity contribution in [2.45, 2.75) is 77.0 Å². The lowest BCUT2D eigenvalue weighted by molar-refractivity contribution is 0.647. The molecule has 7 heterocycles. The van der Waals surface area contributed by atoms with E-state index in [1.807, 2.05) is 133 Å². The van der Waals surface area contributed by atoms with E-state index in [1.54, 1.807) is 6.08 Å². The molecular weight excluding hydrogens is 1810 g/mol. The third-order valence-electron chi connectivity index (χ3n) is 31.0. The van der Waals surface area contributed by atoms with E-state index in [2.05, 4.69) is 335 Å². The highest BCUT2D eigenvalue weighted by molar-refractivity contribution is 6.15. The van der Waals surface area contributed by atoms with Crippen molar-refractivity contribution in [3.63, 3.8) is 0 Å². The Kier molecular flexibility index (Phi) is 20.3. The second-order valence-electron chi connectivity index (χ2n) is 41.0. The van der Waals surface area contributed by atoms with Crippen molar-refractivity contribution in [3.05, 3.63) is 470 Å². The molecule has 0 fully saturated rings. The highest BCUT2D eigenvalue weighted by Gasteiger charge is 2.42. The average Bonchev–Trinajstić information content (AvgIpc) is 1.56. The van der Waals surface area contributed by atoms with Crippen LogP contribution in [0.2, 0.25) is 0 Å². The summed E-state index contributed by atoms with van der Waals surface area (Å²) in [5, 5.41) is 8.47. The Morgan fingerprint density at radius 1 is 0.196 bits per heavy atom. The van der Waals surface area contributed by atoms with Gasteiger partial charge in [0.2, 0.25) is 0 Å². The summed E-state index contributed by atoms with van der Waals surface area (Å²) < 4.78 is 26.4. The van der Waals surface area contributed by atoms with E-state index in [4.69, 9.17) is 62.5 Å². The molecule has 0 radical (unpaired) electrons. The van der Waals surface area contributed by atoms with Crippen LogP contribution >= 0.6 is 0 Å². The first-order valence-corrected chi connectivity index (χ1v) is 50.3. The maximum Gasteiger partial charge on any atom is 0.167 e. The summed E-state index contributed by atoms with van der Waals surface area (Å²) >= 11 is 0. The largest absolute Gasteiger partial charge is 0.456 e. The van der Waals surface area contributed by atoms with E-state index in [-0.39, 0.29) is 21.7 Å². The van der Waals surface area contributed by atoms with Crippen LogP contribution in [0, 0.1) is 0 Å². The number of fused-ring (bicyclic) bond motifs is 24. The van der Waals surface area contributed by atoms with Gasteiger partial charge in [0.25, 0.3) is 0 Å². The molecule has 0 bridgehead atoms. The quantitative estimate of drug-likeness (QED) is 0.100. The van der Waals surface area contributed by atoms with Gasteiger partial charge in [-0.05, 0) is 208 Å². The SMILES string of the molecule is C=C/C=C(\C=C)c1cccc(-c2nc(-c3cccc(-c4ccccc4)c3)nc(-c3cccc4c3oc3cc5c(cc34)-c3ccccc3C5(C)C)n2)c1.CC1(C)c2ccccc2-c2cc3c(cc21)oc1c(-c2nc(-c4ccccc4)nc(-c4ccc5oc6ccccc6c5c4)n2)cccc13.CC1(C)c2ccccc2-c2ccc(-c3nc(-c4ccccc4)nc(-c4cccc5c4oc4cc6c(cc45)-c4ccccc4C6(C)C)n3)cc21. The van der Waals surface area contributed by atoms with Gasteiger partial charge >= 0.3 is 0 Å². The van der Waals surface area contributed by atoms with Crippen LogP contribution in [0.15, 0.2) is 437 Å². The molecule has 4 aliphatic rings. The molecule has 0 atom stereocenters. The van der Waals surface area contributed by atoms with E-state index < -0.39 is 0 Å². The maximum atomic E-state index is 6.79. The fraction of sp³-hybridized carbons (Fsp3) is 0.0889. The summed E-state index contributed by atoms with van der Waals surface area (Å²) in [5.41, 5.74) is 39.0. The van der Waals surface area contributed by atoms with Crippen molar-refractivity contribution in [1.82, 2.24) is 44.9 Å². The van der Waals surface area contributed by atoms with E-state index in [0.29, 0.717) is 52.4 Å². The molecule has 148 heavy (non-hydrogen) atoms. The number of para-hydroxylation sites is 4. The van der Waals surface area contributed by atoms with Crippen LogP contribution in [0.25, 0.3) is 251 Å². The molecule has 0 unspecified atom stereocenters. The smallest absolute Gasteiger partial charge is 0.167 e. The van der Waals surface area contributed by atoms with Gasteiger partial charge in [-0.3, -0.25) is 0 Å². The van der Waals surface area contributed by atoms with Crippen molar-refractivity contribution in [2.24, 2.45) is 0 Å². The lowest BCUT2D eigenvalue weighted by Crippen LogP contribution is -2.15. The highest BCUT2D eigenvalue weighted by Crippen LogP contribution is 2.57. The third kappa shape index (κ3) is 14.3. The molecule has 0 N–H and O–H groups in total. The predicted molar refractivity (Wildman–Crippen MR) is 602 cm³/mol. The van der Waals surface area contributed by atoms with E-state index >= 15 is 0 Å². The minimum Gasteiger partial charge on any atom is -0.456 e. The molecule has 0 saturated carbocycles. The van der Waals surface area contributed by atoms with Crippen LogP contribution in [0.4, 0.5) is 0 Å². The average molecular weight is 1910 g/mol. The number of hydrogen-bond donors (Lipinski definition) is 0. The lowest BCUT2D eigenvalue weighted by atomic mass is 9.82. The van der Waals surface area contributed by atoms with Crippen LogP contribution in [0.3, 0.4) is 0 Å². The third-order valence-corrected chi connectivity index (χ3v) is 31.0. The van der Waals surface area contributed by atoms with Gasteiger partial charge in [0, 0.05) is 98.1 Å². The molecule has 18 aromatic carbocycles. The van der Waals surface area contributed by atoms with Crippen LogP contribution in [-0.2, 0) is 21.7 Å².